The predicted octanol–water partition coefficient (Wildman–Crippen LogP) is 4.00. The van der Waals surface area contributed by atoms with Gasteiger partial charge in [-0.2, -0.15) is 0 Å². The van der Waals surface area contributed by atoms with Crippen LogP contribution >= 0.6 is 11.6 Å². The van der Waals surface area contributed by atoms with Gasteiger partial charge in [0.15, 0.2) is 5.65 Å². The van der Waals surface area contributed by atoms with Gasteiger partial charge in [-0.25, -0.2) is 4.98 Å². The van der Waals surface area contributed by atoms with E-state index < -0.39 is 0 Å². The van der Waals surface area contributed by atoms with Gasteiger partial charge in [-0.05, 0) is 37.8 Å². The lowest BCUT2D eigenvalue weighted by Crippen LogP contribution is -2.50. The molecule has 2 aromatic heterocycles. The van der Waals surface area contributed by atoms with Crippen LogP contribution in [0.25, 0.3) is 16.9 Å². The summed E-state index contributed by atoms with van der Waals surface area (Å²) in [6.45, 7) is 5.47. The molecule has 2 saturated heterocycles. The third kappa shape index (κ3) is 4.44. The molecule has 0 unspecified atom stereocenters. The van der Waals surface area contributed by atoms with Crippen LogP contribution in [-0.2, 0) is 16.1 Å². The van der Waals surface area contributed by atoms with E-state index in [0.717, 1.165) is 73.2 Å². The molecule has 1 amide bonds. The van der Waals surface area contributed by atoms with Crippen LogP contribution < -0.4 is 0 Å². The molecule has 6 rings (SSSR count). The molecular weight excluding hydrogens is 450 g/mol. The summed E-state index contributed by atoms with van der Waals surface area (Å²) in [5.74, 6) is 1.02. The van der Waals surface area contributed by atoms with Gasteiger partial charge in [0.25, 0.3) is 0 Å². The Bertz CT molecular complexity index is 1180. The van der Waals surface area contributed by atoms with Crippen molar-refractivity contribution in [1.82, 2.24) is 24.2 Å². The van der Waals surface area contributed by atoms with Crippen LogP contribution in [0.3, 0.4) is 0 Å². The van der Waals surface area contributed by atoms with Gasteiger partial charge in [-0.15, -0.1) is 0 Å². The Hall–Kier alpha value is -2.48. The minimum atomic E-state index is 0.129. The molecule has 3 fully saturated rings. The summed E-state index contributed by atoms with van der Waals surface area (Å²) < 4.78 is 7.66. The molecule has 34 heavy (non-hydrogen) atoms. The van der Waals surface area contributed by atoms with Gasteiger partial charge in [-0.1, -0.05) is 23.7 Å². The maximum atomic E-state index is 12.9. The molecule has 0 radical (unpaired) electrons. The molecule has 3 aromatic rings. The van der Waals surface area contributed by atoms with E-state index in [4.69, 9.17) is 21.3 Å². The first-order chi connectivity index (χ1) is 16.7. The molecule has 1 aromatic carbocycles. The monoisotopic (exact) mass is 479 g/mol. The molecule has 8 heteroatoms. The molecule has 0 N–H and O–H groups in total. The number of carbonyl (C=O) groups excluding carboxylic acids is 1. The first-order valence-electron chi connectivity index (χ1n) is 12.4. The third-order valence-electron chi connectivity index (χ3n) is 7.37. The molecule has 4 heterocycles. The van der Waals surface area contributed by atoms with Crippen LogP contribution in [0.1, 0.15) is 43.0 Å². The molecule has 1 aliphatic carbocycles. The Kier molecular flexibility index (Phi) is 6.01. The average Bonchev–Trinajstić information content (AvgIpc) is 3.68. The molecule has 0 bridgehead atoms. The molecule has 0 spiro atoms. The van der Waals surface area contributed by atoms with Crippen LogP contribution in [0.15, 0.2) is 36.7 Å². The van der Waals surface area contributed by atoms with E-state index in [1.165, 1.54) is 18.5 Å². The van der Waals surface area contributed by atoms with E-state index in [0.29, 0.717) is 25.0 Å². The predicted molar refractivity (Wildman–Crippen MR) is 131 cm³/mol. The molecule has 1 saturated carbocycles. The number of imidazole rings is 1. The number of carbonyl (C=O) groups is 1. The minimum Gasteiger partial charge on any atom is -0.381 e. The van der Waals surface area contributed by atoms with Crippen molar-refractivity contribution in [3.63, 3.8) is 0 Å². The van der Waals surface area contributed by atoms with Crippen molar-refractivity contribution < 1.29 is 9.53 Å². The van der Waals surface area contributed by atoms with Crippen LogP contribution in [0.2, 0.25) is 5.02 Å². The summed E-state index contributed by atoms with van der Waals surface area (Å²) in [6.07, 6.45) is 8.22. The topological polar surface area (TPSA) is 63.0 Å². The zero-order valence-corrected chi connectivity index (χ0v) is 20.1. The third-order valence-corrected chi connectivity index (χ3v) is 7.62. The molecular formula is C26H30ClN5O2. The maximum Gasteiger partial charge on any atom is 0.225 e. The number of fused-ring (bicyclic) bond motifs is 1. The second-order valence-electron chi connectivity index (χ2n) is 9.72. The van der Waals surface area contributed by atoms with Crippen LogP contribution in [0, 0.1) is 5.92 Å². The highest BCUT2D eigenvalue weighted by atomic mass is 35.5. The van der Waals surface area contributed by atoms with Gasteiger partial charge in [0.1, 0.15) is 0 Å². The van der Waals surface area contributed by atoms with Crippen molar-refractivity contribution in [1.29, 1.82) is 0 Å². The van der Waals surface area contributed by atoms with Crippen molar-refractivity contribution in [2.75, 3.05) is 39.4 Å². The molecule has 3 aliphatic rings. The van der Waals surface area contributed by atoms with Crippen LogP contribution in [-0.4, -0.2) is 69.5 Å². The number of ether oxygens (including phenoxy) is 1. The van der Waals surface area contributed by atoms with E-state index in [1.807, 2.05) is 30.5 Å². The number of hydrogen-bond donors (Lipinski definition) is 0. The summed E-state index contributed by atoms with van der Waals surface area (Å²) >= 11 is 6.15. The number of halogens is 1. The zero-order valence-electron chi connectivity index (χ0n) is 19.3. The fourth-order valence-corrected chi connectivity index (χ4v) is 5.27. The lowest BCUT2D eigenvalue weighted by Gasteiger charge is -2.37. The largest absolute Gasteiger partial charge is 0.381 e. The number of hydrogen-bond acceptors (Lipinski definition) is 5. The highest BCUT2D eigenvalue weighted by Crippen LogP contribution is 2.39. The van der Waals surface area contributed by atoms with Crippen molar-refractivity contribution in [2.45, 2.75) is 38.1 Å². The maximum absolute atomic E-state index is 12.9. The van der Waals surface area contributed by atoms with Crippen molar-refractivity contribution in [3.8, 4) is 11.3 Å². The van der Waals surface area contributed by atoms with Crippen molar-refractivity contribution >= 4 is 23.2 Å². The normalized spacial score (nSPS) is 20.2. The molecule has 7 nitrogen and oxygen atoms in total. The van der Waals surface area contributed by atoms with Gasteiger partial charge in [0.05, 0.1) is 23.3 Å². The van der Waals surface area contributed by atoms with Crippen LogP contribution in [0.5, 0.6) is 0 Å². The van der Waals surface area contributed by atoms with E-state index in [-0.39, 0.29) is 5.92 Å². The first kappa shape index (κ1) is 22.0. The fraction of sp³-hybridized carbons (Fsp3) is 0.500. The van der Waals surface area contributed by atoms with Crippen LogP contribution in [0.4, 0.5) is 0 Å². The Labute approximate surface area is 204 Å². The zero-order chi connectivity index (χ0) is 23.1. The fourth-order valence-electron chi connectivity index (χ4n) is 5.14. The number of piperazine rings is 1. The molecule has 2 aliphatic heterocycles. The Morgan fingerprint density at radius 3 is 2.47 bits per heavy atom. The first-order valence-corrected chi connectivity index (χ1v) is 12.8. The quantitative estimate of drug-likeness (QED) is 0.553. The highest BCUT2D eigenvalue weighted by molar-refractivity contribution is 6.30. The Balaban J connectivity index is 1.24. The lowest BCUT2D eigenvalue weighted by atomic mass is 9.98. The Morgan fingerprint density at radius 2 is 1.76 bits per heavy atom. The SMILES string of the molecule is O=C(C1CCOCC1)N1CCN(Cc2c(-c3ccc(Cl)cc3)nc3cnc(C4CC4)cn23)CC1. The van der Waals surface area contributed by atoms with E-state index in [1.54, 1.807) is 0 Å². The van der Waals surface area contributed by atoms with Crippen molar-refractivity contribution in [2.24, 2.45) is 5.92 Å². The standard InChI is InChI=1S/C26H30ClN5O2/c27-21-5-3-19(4-6-21)25-23(32-16-22(18-1-2-18)28-15-24(32)29-25)17-30-9-11-31(12-10-30)26(33)20-7-13-34-14-8-20/h3-6,15-16,18,20H,1-2,7-14,17H2. The average molecular weight is 480 g/mol. The number of amides is 1. The number of nitrogens with zero attached hydrogens (tertiary/aromatic N) is 5. The molecule has 178 valence electrons. The Morgan fingerprint density at radius 1 is 1.03 bits per heavy atom. The van der Waals surface area contributed by atoms with E-state index in [2.05, 4.69) is 25.4 Å². The summed E-state index contributed by atoms with van der Waals surface area (Å²) in [5.41, 5.74) is 5.24. The van der Waals surface area contributed by atoms with Gasteiger partial charge >= 0.3 is 0 Å². The second-order valence-corrected chi connectivity index (χ2v) is 10.2. The number of aromatic nitrogens is 3. The number of rotatable bonds is 5. The summed E-state index contributed by atoms with van der Waals surface area (Å²) in [7, 11) is 0. The van der Waals surface area contributed by atoms with Gasteiger partial charge in [0.2, 0.25) is 5.91 Å². The van der Waals surface area contributed by atoms with Crippen molar-refractivity contribution in [3.05, 3.63) is 53.1 Å². The second kappa shape index (κ2) is 9.29. The minimum absolute atomic E-state index is 0.129. The van der Waals surface area contributed by atoms with Gasteiger partial charge < -0.3 is 9.64 Å². The van der Waals surface area contributed by atoms with Gasteiger partial charge in [-0.3, -0.25) is 19.1 Å². The van der Waals surface area contributed by atoms with E-state index in [9.17, 15) is 4.79 Å². The summed E-state index contributed by atoms with van der Waals surface area (Å²) in [6, 6.07) is 7.90. The number of benzene rings is 1. The van der Waals surface area contributed by atoms with Gasteiger partial charge in [0, 0.05) is 74.6 Å². The lowest BCUT2D eigenvalue weighted by molar-refractivity contribution is -0.140. The summed E-state index contributed by atoms with van der Waals surface area (Å²) in [4.78, 5) is 27.1. The highest BCUT2D eigenvalue weighted by Gasteiger charge is 2.30. The van der Waals surface area contributed by atoms with E-state index >= 15 is 0 Å². The smallest absolute Gasteiger partial charge is 0.225 e. The summed E-state index contributed by atoms with van der Waals surface area (Å²) in [5, 5.41) is 0.720. The molecule has 0 atom stereocenters.